The number of aliphatic hydroxyl groups excluding tert-OH is 1. The van der Waals surface area contributed by atoms with Crippen molar-refractivity contribution in [1.82, 2.24) is 15.0 Å². The Labute approximate surface area is 200 Å². The minimum absolute atomic E-state index is 0.126. The second-order valence-corrected chi connectivity index (χ2v) is 9.94. The monoisotopic (exact) mass is 497 g/mol. The second-order valence-electron chi connectivity index (χ2n) is 8.29. The Balaban J connectivity index is 1.47. The van der Waals surface area contributed by atoms with E-state index in [4.69, 9.17) is 0 Å². The van der Waals surface area contributed by atoms with Crippen LogP contribution in [0.3, 0.4) is 0 Å². The lowest BCUT2D eigenvalue weighted by atomic mass is 10.0. The number of pyridine rings is 1. The van der Waals surface area contributed by atoms with Gasteiger partial charge in [0.05, 0.1) is 23.5 Å². The zero-order valence-corrected chi connectivity index (χ0v) is 19.2. The standard InChI is InChI=1S/C24H21F2N5O3S/c25-17-2-4-23(21(26)11-17)35(33,34)30-18-9-16(12-27-13-18)15-1-3-22-20(10-15)24(29-14-28-22)31-7-5-19(32)6-8-31/h1-4,9-14,19,30,32H,5-8H2. The third kappa shape index (κ3) is 4.77. The summed E-state index contributed by atoms with van der Waals surface area (Å²) in [5.41, 5.74) is 2.25. The van der Waals surface area contributed by atoms with E-state index in [0.717, 1.165) is 34.4 Å². The van der Waals surface area contributed by atoms with E-state index in [9.17, 15) is 22.3 Å². The smallest absolute Gasteiger partial charge is 0.264 e. The van der Waals surface area contributed by atoms with Crippen LogP contribution in [0.4, 0.5) is 20.3 Å². The van der Waals surface area contributed by atoms with Crippen molar-refractivity contribution >= 4 is 32.4 Å². The van der Waals surface area contributed by atoms with Gasteiger partial charge in [0.1, 0.15) is 28.7 Å². The number of rotatable bonds is 5. The highest BCUT2D eigenvalue weighted by molar-refractivity contribution is 7.92. The molecule has 5 rings (SSSR count). The molecule has 4 aromatic rings. The molecule has 8 nitrogen and oxygen atoms in total. The summed E-state index contributed by atoms with van der Waals surface area (Å²) < 4.78 is 54.9. The van der Waals surface area contributed by atoms with Gasteiger partial charge in [0, 0.05) is 36.3 Å². The van der Waals surface area contributed by atoms with Crippen LogP contribution in [-0.4, -0.2) is 47.7 Å². The van der Waals surface area contributed by atoms with Gasteiger partial charge >= 0.3 is 0 Å². The molecule has 1 fully saturated rings. The minimum atomic E-state index is -4.30. The number of nitrogens with zero attached hydrogens (tertiary/aromatic N) is 4. The molecular formula is C24H21F2N5O3S. The summed E-state index contributed by atoms with van der Waals surface area (Å²) in [6.07, 6.45) is 5.40. The zero-order chi connectivity index (χ0) is 24.6. The van der Waals surface area contributed by atoms with E-state index >= 15 is 0 Å². The highest BCUT2D eigenvalue weighted by Gasteiger charge is 2.22. The number of sulfonamides is 1. The maximum absolute atomic E-state index is 14.0. The van der Waals surface area contributed by atoms with Gasteiger partial charge in [0.15, 0.2) is 0 Å². The average molecular weight is 498 g/mol. The van der Waals surface area contributed by atoms with Gasteiger partial charge in [-0.1, -0.05) is 6.07 Å². The third-order valence-electron chi connectivity index (χ3n) is 5.89. The molecule has 0 spiro atoms. The topological polar surface area (TPSA) is 108 Å². The van der Waals surface area contributed by atoms with E-state index in [2.05, 4.69) is 24.6 Å². The molecule has 1 aliphatic heterocycles. The normalized spacial score (nSPS) is 14.9. The fraction of sp³-hybridized carbons (Fsp3) is 0.208. The molecule has 3 heterocycles. The lowest BCUT2D eigenvalue weighted by Crippen LogP contribution is -2.36. The van der Waals surface area contributed by atoms with Crippen molar-refractivity contribution < 1.29 is 22.3 Å². The van der Waals surface area contributed by atoms with E-state index in [0.29, 0.717) is 37.6 Å². The largest absolute Gasteiger partial charge is 0.393 e. The summed E-state index contributed by atoms with van der Waals surface area (Å²) in [5, 5.41) is 10.7. The molecule has 0 amide bonds. The van der Waals surface area contributed by atoms with Crippen LogP contribution < -0.4 is 9.62 Å². The minimum Gasteiger partial charge on any atom is -0.393 e. The number of hydrogen-bond donors (Lipinski definition) is 2. The highest BCUT2D eigenvalue weighted by atomic mass is 32.2. The van der Waals surface area contributed by atoms with Gasteiger partial charge in [-0.15, -0.1) is 0 Å². The first kappa shape index (κ1) is 23.1. The van der Waals surface area contributed by atoms with Crippen LogP contribution in [-0.2, 0) is 10.0 Å². The maximum Gasteiger partial charge on any atom is 0.264 e. The molecule has 0 atom stereocenters. The molecule has 2 aromatic heterocycles. The molecule has 11 heteroatoms. The Morgan fingerprint density at radius 3 is 2.54 bits per heavy atom. The molecule has 1 saturated heterocycles. The molecule has 0 unspecified atom stereocenters. The van der Waals surface area contributed by atoms with Crippen molar-refractivity contribution in [3.63, 3.8) is 0 Å². The molecule has 0 saturated carbocycles. The van der Waals surface area contributed by atoms with Crippen LogP contribution in [0.5, 0.6) is 0 Å². The molecule has 2 N–H and O–H groups in total. The van der Waals surface area contributed by atoms with Crippen molar-refractivity contribution in [1.29, 1.82) is 0 Å². The van der Waals surface area contributed by atoms with Crippen LogP contribution in [0, 0.1) is 11.6 Å². The Hall–Kier alpha value is -3.70. The number of piperidine rings is 1. The summed E-state index contributed by atoms with van der Waals surface area (Å²) in [6.45, 7) is 1.35. The number of anilines is 2. The average Bonchev–Trinajstić information content (AvgIpc) is 2.83. The first-order valence-electron chi connectivity index (χ1n) is 10.9. The van der Waals surface area contributed by atoms with Crippen LogP contribution in [0.2, 0.25) is 0 Å². The second kappa shape index (κ2) is 9.16. The number of halogens is 2. The maximum atomic E-state index is 14.0. The SMILES string of the molecule is O=S(=O)(Nc1cncc(-c2ccc3ncnc(N4CCC(O)CC4)c3c2)c1)c1ccc(F)cc1F. The first-order valence-corrected chi connectivity index (χ1v) is 12.4. The predicted octanol–water partition coefficient (Wildman–Crippen LogP) is 3.73. The summed E-state index contributed by atoms with van der Waals surface area (Å²) in [4.78, 5) is 14.4. The van der Waals surface area contributed by atoms with Crippen LogP contribution >= 0.6 is 0 Å². The number of hydrogen-bond acceptors (Lipinski definition) is 7. The molecule has 35 heavy (non-hydrogen) atoms. The number of aromatic nitrogens is 3. The number of fused-ring (bicyclic) bond motifs is 1. The molecule has 180 valence electrons. The molecule has 0 bridgehead atoms. The fourth-order valence-electron chi connectivity index (χ4n) is 4.11. The Morgan fingerprint density at radius 1 is 0.971 bits per heavy atom. The molecule has 0 aliphatic carbocycles. The summed E-state index contributed by atoms with van der Waals surface area (Å²) >= 11 is 0. The molecule has 2 aromatic carbocycles. The van der Waals surface area contributed by atoms with Crippen LogP contribution in [0.1, 0.15) is 12.8 Å². The van der Waals surface area contributed by atoms with Gasteiger partial charge in [-0.3, -0.25) is 9.71 Å². The number of benzene rings is 2. The highest BCUT2D eigenvalue weighted by Crippen LogP contribution is 2.31. The Bertz CT molecular complexity index is 1510. The zero-order valence-electron chi connectivity index (χ0n) is 18.4. The first-order chi connectivity index (χ1) is 16.8. The van der Waals surface area contributed by atoms with E-state index in [1.165, 1.54) is 12.5 Å². The Kier molecular flexibility index (Phi) is 6.03. The van der Waals surface area contributed by atoms with E-state index in [-0.39, 0.29) is 11.8 Å². The lowest BCUT2D eigenvalue weighted by molar-refractivity contribution is 0.145. The fourth-order valence-corrected chi connectivity index (χ4v) is 5.20. The predicted molar refractivity (Wildman–Crippen MR) is 127 cm³/mol. The number of nitrogens with one attached hydrogen (secondary N) is 1. The lowest BCUT2D eigenvalue weighted by Gasteiger charge is -2.31. The van der Waals surface area contributed by atoms with Crippen LogP contribution in [0.15, 0.2) is 66.1 Å². The molecule has 1 aliphatic rings. The van der Waals surface area contributed by atoms with Gasteiger partial charge in [-0.25, -0.2) is 27.2 Å². The van der Waals surface area contributed by atoms with Crippen molar-refractivity contribution in [2.75, 3.05) is 22.7 Å². The van der Waals surface area contributed by atoms with E-state index in [1.807, 2.05) is 18.2 Å². The van der Waals surface area contributed by atoms with Crippen molar-refractivity contribution in [3.8, 4) is 11.1 Å². The number of aliphatic hydroxyl groups is 1. The van der Waals surface area contributed by atoms with Gasteiger partial charge in [-0.2, -0.15) is 0 Å². The van der Waals surface area contributed by atoms with Crippen molar-refractivity contribution in [2.24, 2.45) is 0 Å². The van der Waals surface area contributed by atoms with Crippen molar-refractivity contribution in [3.05, 3.63) is 72.8 Å². The summed E-state index contributed by atoms with van der Waals surface area (Å²) in [6, 6.07) is 9.44. The molecular weight excluding hydrogens is 476 g/mol. The third-order valence-corrected chi connectivity index (χ3v) is 7.30. The van der Waals surface area contributed by atoms with Crippen LogP contribution in [0.25, 0.3) is 22.0 Å². The van der Waals surface area contributed by atoms with Crippen molar-refractivity contribution in [2.45, 2.75) is 23.8 Å². The summed E-state index contributed by atoms with van der Waals surface area (Å²) in [7, 11) is -4.30. The molecule has 0 radical (unpaired) electrons. The van der Waals surface area contributed by atoms with E-state index < -0.39 is 26.6 Å². The summed E-state index contributed by atoms with van der Waals surface area (Å²) in [5.74, 6) is -1.29. The van der Waals surface area contributed by atoms with Gasteiger partial charge < -0.3 is 10.0 Å². The van der Waals surface area contributed by atoms with E-state index in [1.54, 1.807) is 12.3 Å². The van der Waals surface area contributed by atoms with Gasteiger partial charge in [0.2, 0.25) is 0 Å². The van der Waals surface area contributed by atoms with Gasteiger partial charge in [0.25, 0.3) is 10.0 Å². The Morgan fingerprint density at radius 2 is 1.77 bits per heavy atom. The quantitative estimate of drug-likeness (QED) is 0.433. The van der Waals surface area contributed by atoms with Gasteiger partial charge in [-0.05, 0) is 48.7 Å².